The molecule has 0 aliphatic rings. The molecule has 6 nitrogen and oxygen atoms in total. The molecule has 3 rings (SSSR count). The van der Waals surface area contributed by atoms with E-state index in [1.807, 2.05) is 17.5 Å². The van der Waals surface area contributed by atoms with Gasteiger partial charge in [0.1, 0.15) is 5.01 Å². The highest BCUT2D eigenvalue weighted by Gasteiger charge is 2.12. The standard InChI is InChI=1S/C19H17F2N3O3S/c1-26-16-7-12(4-5-15(16)27-19(20)21)9-23-17(25)8-14-11-28-18(24-14)13-3-2-6-22-10-13/h2-7,10-11,19H,8-9H2,1H3,(H,23,25). The van der Waals surface area contributed by atoms with E-state index >= 15 is 0 Å². The maximum absolute atomic E-state index is 12.4. The third-order valence-corrected chi connectivity index (χ3v) is 4.68. The van der Waals surface area contributed by atoms with Crippen molar-refractivity contribution < 1.29 is 23.0 Å². The lowest BCUT2D eigenvalue weighted by Gasteiger charge is -2.11. The summed E-state index contributed by atoms with van der Waals surface area (Å²) in [5, 5.41) is 5.41. The number of methoxy groups -OCH3 is 1. The fourth-order valence-electron chi connectivity index (χ4n) is 2.45. The molecule has 3 aromatic rings. The van der Waals surface area contributed by atoms with Crippen LogP contribution in [0.3, 0.4) is 0 Å². The SMILES string of the molecule is COc1cc(CNC(=O)Cc2csc(-c3cccnc3)n2)ccc1OC(F)F. The lowest BCUT2D eigenvalue weighted by Crippen LogP contribution is -2.24. The number of aromatic nitrogens is 2. The molecule has 1 N–H and O–H groups in total. The summed E-state index contributed by atoms with van der Waals surface area (Å²) in [6.45, 7) is -2.71. The molecule has 0 fully saturated rings. The quantitative estimate of drug-likeness (QED) is 0.619. The van der Waals surface area contributed by atoms with Gasteiger partial charge in [0.25, 0.3) is 0 Å². The maximum atomic E-state index is 12.4. The number of carbonyl (C=O) groups excluding carboxylic acids is 1. The normalized spacial score (nSPS) is 10.7. The zero-order chi connectivity index (χ0) is 19.9. The summed E-state index contributed by atoms with van der Waals surface area (Å²) < 4.78 is 34.2. The van der Waals surface area contributed by atoms with Gasteiger partial charge in [-0.25, -0.2) is 4.98 Å². The van der Waals surface area contributed by atoms with Crippen molar-refractivity contribution in [1.82, 2.24) is 15.3 Å². The number of thiazole rings is 1. The average molecular weight is 405 g/mol. The molecule has 0 aliphatic carbocycles. The van der Waals surface area contributed by atoms with Crippen LogP contribution in [0.15, 0.2) is 48.1 Å². The van der Waals surface area contributed by atoms with E-state index in [1.54, 1.807) is 24.5 Å². The van der Waals surface area contributed by atoms with E-state index in [0.29, 0.717) is 11.3 Å². The van der Waals surface area contributed by atoms with E-state index in [9.17, 15) is 13.6 Å². The van der Waals surface area contributed by atoms with Crippen LogP contribution in [0.5, 0.6) is 11.5 Å². The fourth-order valence-corrected chi connectivity index (χ4v) is 3.26. The minimum atomic E-state index is -2.94. The van der Waals surface area contributed by atoms with Crippen molar-refractivity contribution in [1.29, 1.82) is 0 Å². The van der Waals surface area contributed by atoms with Crippen molar-refractivity contribution in [3.63, 3.8) is 0 Å². The predicted octanol–water partition coefficient (Wildman–Crippen LogP) is 3.67. The van der Waals surface area contributed by atoms with E-state index < -0.39 is 6.61 Å². The van der Waals surface area contributed by atoms with Crippen LogP contribution < -0.4 is 14.8 Å². The van der Waals surface area contributed by atoms with Crippen molar-refractivity contribution in [2.75, 3.05) is 7.11 Å². The highest BCUT2D eigenvalue weighted by atomic mass is 32.1. The molecule has 9 heteroatoms. The van der Waals surface area contributed by atoms with Crippen molar-refractivity contribution in [3.8, 4) is 22.1 Å². The highest BCUT2D eigenvalue weighted by molar-refractivity contribution is 7.13. The Morgan fingerprint density at radius 2 is 2.14 bits per heavy atom. The molecule has 0 saturated carbocycles. The van der Waals surface area contributed by atoms with E-state index in [4.69, 9.17) is 4.74 Å². The van der Waals surface area contributed by atoms with Gasteiger partial charge in [-0.05, 0) is 29.8 Å². The third-order valence-electron chi connectivity index (χ3n) is 3.74. The molecule has 0 spiro atoms. The van der Waals surface area contributed by atoms with Gasteiger partial charge in [0.15, 0.2) is 11.5 Å². The van der Waals surface area contributed by atoms with Crippen LogP contribution in [0.1, 0.15) is 11.3 Å². The van der Waals surface area contributed by atoms with Crippen molar-refractivity contribution in [2.45, 2.75) is 19.6 Å². The number of halogens is 2. The number of hydrogen-bond acceptors (Lipinski definition) is 6. The molecule has 1 aromatic carbocycles. The van der Waals surface area contributed by atoms with Crippen molar-refractivity contribution in [2.24, 2.45) is 0 Å². The lowest BCUT2D eigenvalue weighted by molar-refractivity contribution is -0.120. The molecule has 146 valence electrons. The zero-order valence-corrected chi connectivity index (χ0v) is 15.7. The van der Waals surface area contributed by atoms with Gasteiger partial charge in [0.05, 0.1) is 19.2 Å². The summed E-state index contributed by atoms with van der Waals surface area (Å²) in [7, 11) is 1.36. The third kappa shape index (κ3) is 5.23. The smallest absolute Gasteiger partial charge is 0.387 e. The Hall–Kier alpha value is -3.07. The molecule has 28 heavy (non-hydrogen) atoms. The Labute approximate surface area is 164 Å². The van der Waals surface area contributed by atoms with Crippen molar-refractivity contribution in [3.05, 3.63) is 59.4 Å². The number of carbonyl (C=O) groups is 1. The van der Waals surface area contributed by atoms with Gasteiger partial charge in [0, 0.05) is 29.9 Å². The number of amides is 1. The number of pyridine rings is 1. The summed E-state index contributed by atoms with van der Waals surface area (Å²) in [5.41, 5.74) is 2.26. The van der Waals surface area contributed by atoms with Crippen LogP contribution in [0, 0.1) is 0 Å². The molecule has 0 radical (unpaired) electrons. The van der Waals surface area contributed by atoms with Gasteiger partial charge in [-0.2, -0.15) is 8.78 Å². The summed E-state index contributed by atoms with van der Waals surface area (Å²) in [6.07, 6.45) is 3.55. The maximum Gasteiger partial charge on any atom is 0.387 e. The first-order valence-electron chi connectivity index (χ1n) is 8.28. The highest BCUT2D eigenvalue weighted by Crippen LogP contribution is 2.29. The van der Waals surface area contributed by atoms with E-state index in [-0.39, 0.29) is 30.4 Å². The molecular weight excluding hydrogens is 388 g/mol. The molecule has 0 atom stereocenters. The predicted molar refractivity (Wildman–Crippen MR) is 101 cm³/mol. The van der Waals surface area contributed by atoms with Crippen LogP contribution >= 0.6 is 11.3 Å². The van der Waals surface area contributed by atoms with E-state index in [2.05, 4.69) is 20.0 Å². The van der Waals surface area contributed by atoms with Crippen LogP contribution in [0.2, 0.25) is 0 Å². The fraction of sp³-hybridized carbons (Fsp3) is 0.211. The Morgan fingerprint density at radius 1 is 1.29 bits per heavy atom. The number of ether oxygens (including phenoxy) is 2. The van der Waals surface area contributed by atoms with Gasteiger partial charge >= 0.3 is 6.61 Å². The molecule has 0 unspecified atom stereocenters. The second-order valence-corrected chi connectivity index (χ2v) is 6.56. The summed E-state index contributed by atoms with van der Waals surface area (Å²) in [5.74, 6) is -0.0828. The molecule has 2 heterocycles. The second kappa shape index (κ2) is 9.23. The molecule has 0 bridgehead atoms. The largest absolute Gasteiger partial charge is 0.493 e. The first-order chi connectivity index (χ1) is 13.5. The Kier molecular flexibility index (Phi) is 6.49. The first kappa shape index (κ1) is 19.7. The summed E-state index contributed by atoms with van der Waals surface area (Å²) >= 11 is 1.45. The molecular formula is C19H17F2N3O3S. The Balaban J connectivity index is 1.57. The first-order valence-corrected chi connectivity index (χ1v) is 9.16. The Morgan fingerprint density at radius 3 is 2.86 bits per heavy atom. The van der Waals surface area contributed by atoms with Gasteiger partial charge in [0.2, 0.25) is 5.91 Å². The van der Waals surface area contributed by atoms with E-state index in [0.717, 1.165) is 10.6 Å². The molecule has 2 aromatic heterocycles. The molecule has 0 aliphatic heterocycles. The minimum absolute atomic E-state index is 0.0574. The number of rotatable bonds is 8. The summed E-state index contributed by atoms with van der Waals surface area (Å²) in [6, 6.07) is 8.25. The zero-order valence-electron chi connectivity index (χ0n) is 14.9. The van der Waals surface area contributed by atoms with Gasteiger partial charge in [-0.1, -0.05) is 6.07 Å². The van der Waals surface area contributed by atoms with E-state index in [1.165, 1.54) is 24.5 Å². The Bertz CT molecular complexity index is 935. The number of nitrogens with zero attached hydrogens (tertiary/aromatic N) is 2. The minimum Gasteiger partial charge on any atom is -0.493 e. The van der Waals surface area contributed by atoms with Crippen LogP contribution in [0.4, 0.5) is 8.78 Å². The number of alkyl halides is 2. The van der Waals surface area contributed by atoms with Gasteiger partial charge in [-0.15, -0.1) is 11.3 Å². The average Bonchev–Trinajstić information content (AvgIpc) is 3.16. The lowest BCUT2D eigenvalue weighted by atomic mass is 10.2. The second-order valence-electron chi connectivity index (χ2n) is 5.70. The van der Waals surface area contributed by atoms with Crippen molar-refractivity contribution >= 4 is 17.2 Å². The number of hydrogen-bond donors (Lipinski definition) is 1. The van der Waals surface area contributed by atoms with Crippen LogP contribution in [0.25, 0.3) is 10.6 Å². The number of benzene rings is 1. The summed E-state index contributed by atoms with van der Waals surface area (Å²) in [4.78, 5) is 20.7. The van der Waals surface area contributed by atoms with Gasteiger partial charge < -0.3 is 14.8 Å². The topological polar surface area (TPSA) is 73.3 Å². The van der Waals surface area contributed by atoms with Crippen LogP contribution in [-0.4, -0.2) is 29.6 Å². The molecule has 0 saturated heterocycles. The number of nitrogens with one attached hydrogen (secondary N) is 1. The van der Waals surface area contributed by atoms with Gasteiger partial charge in [-0.3, -0.25) is 9.78 Å². The molecule has 1 amide bonds. The van der Waals surface area contributed by atoms with Crippen LogP contribution in [-0.2, 0) is 17.8 Å². The monoisotopic (exact) mass is 405 g/mol.